The van der Waals surface area contributed by atoms with Crippen molar-refractivity contribution in [3.63, 3.8) is 0 Å². The molecule has 0 unspecified atom stereocenters. The highest BCUT2D eigenvalue weighted by atomic mass is 19.4. The van der Waals surface area contributed by atoms with Crippen molar-refractivity contribution in [1.29, 1.82) is 0 Å². The van der Waals surface area contributed by atoms with Gasteiger partial charge in [-0.3, -0.25) is 9.59 Å². The number of carboxylic acids is 1. The number of rotatable bonds is 6. The van der Waals surface area contributed by atoms with Gasteiger partial charge >= 0.3 is 18.1 Å². The number of amides is 2. The molecule has 1 saturated heterocycles. The quantitative estimate of drug-likeness (QED) is 0.615. The molecule has 0 radical (unpaired) electrons. The van der Waals surface area contributed by atoms with Gasteiger partial charge in [-0.15, -0.1) is 0 Å². The third-order valence-electron chi connectivity index (χ3n) is 3.62. The lowest BCUT2D eigenvalue weighted by molar-refractivity contribution is -0.186. The summed E-state index contributed by atoms with van der Waals surface area (Å²) in [5.74, 6) is -4.99. The Morgan fingerprint density at radius 1 is 1.30 bits per heavy atom. The zero-order valence-corrected chi connectivity index (χ0v) is 12.5. The standard InChI is InChI=1S/C13H19F3N2O5/c1-2-3-6-12(23,17-10(21)13(14,15)16)11(22)18-7-4-5-8(18)9(19)20/h8,23H,2-7H2,1H3,(H,17,21)(H,19,20)/t8-,12-/m0/s1. The molecule has 7 nitrogen and oxygen atoms in total. The molecule has 1 heterocycles. The van der Waals surface area contributed by atoms with Gasteiger partial charge in [0.05, 0.1) is 0 Å². The van der Waals surface area contributed by atoms with Gasteiger partial charge in [-0.05, 0) is 19.3 Å². The predicted molar refractivity (Wildman–Crippen MR) is 71.0 cm³/mol. The highest BCUT2D eigenvalue weighted by Crippen LogP contribution is 2.25. The fraction of sp³-hybridized carbons (Fsp3) is 0.769. The summed E-state index contributed by atoms with van der Waals surface area (Å²) in [6.07, 6.45) is -4.59. The molecular weight excluding hydrogens is 321 g/mol. The summed E-state index contributed by atoms with van der Waals surface area (Å²) in [6.45, 7) is 1.68. The zero-order chi connectivity index (χ0) is 17.8. The van der Waals surface area contributed by atoms with Crippen molar-refractivity contribution in [1.82, 2.24) is 10.2 Å². The number of likely N-dealkylation sites (tertiary alicyclic amines) is 1. The van der Waals surface area contributed by atoms with Crippen LogP contribution in [-0.4, -0.2) is 57.4 Å². The topological polar surface area (TPSA) is 107 Å². The van der Waals surface area contributed by atoms with Gasteiger partial charge in [0, 0.05) is 13.0 Å². The average molecular weight is 340 g/mol. The van der Waals surface area contributed by atoms with Gasteiger partial charge in [0.2, 0.25) is 5.72 Å². The number of halogens is 3. The molecular formula is C13H19F3N2O5. The first kappa shape index (κ1) is 19.2. The number of nitrogens with zero attached hydrogens (tertiary/aromatic N) is 1. The van der Waals surface area contributed by atoms with Gasteiger partial charge in [0.1, 0.15) is 6.04 Å². The van der Waals surface area contributed by atoms with Gasteiger partial charge in [-0.2, -0.15) is 13.2 Å². The lowest BCUT2D eigenvalue weighted by atomic mass is 10.0. The summed E-state index contributed by atoms with van der Waals surface area (Å²) in [5, 5.41) is 20.6. The van der Waals surface area contributed by atoms with Crippen molar-refractivity contribution in [2.75, 3.05) is 6.54 Å². The van der Waals surface area contributed by atoms with E-state index in [4.69, 9.17) is 5.11 Å². The van der Waals surface area contributed by atoms with Gasteiger partial charge in [-0.1, -0.05) is 13.3 Å². The van der Waals surface area contributed by atoms with Crippen molar-refractivity contribution >= 4 is 17.8 Å². The first-order chi connectivity index (χ1) is 10.5. The number of unbranched alkanes of at least 4 members (excludes halogenated alkanes) is 1. The predicted octanol–water partition coefficient (Wildman–Crippen LogP) is 0.619. The summed E-state index contributed by atoms with van der Waals surface area (Å²) >= 11 is 0. The van der Waals surface area contributed by atoms with Crippen LogP contribution in [0.4, 0.5) is 13.2 Å². The van der Waals surface area contributed by atoms with Crippen LogP contribution < -0.4 is 5.32 Å². The molecule has 1 rings (SSSR count). The number of aliphatic hydroxyl groups is 1. The van der Waals surface area contributed by atoms with Crippen LogP contribution in [0.5, 0.6) is 0 Å². The van der Waals surface area contributed by atoms with Crippen LogP contribution in [0.2, 0.25) is 0 Å². The summed E-state index contributed by atoms with van der Waals surface area (Å²) in [7, 11) is 0. The molecule has 0 aromatic rings. The molecule has 2 amide bonds. The number of carbonyl (C=O) groups is 3. The van der Waals surface area contributed by atoms with E-state index in [-0.39, 0.29) is 19.4 Å². The van der Waals surface area contributed by atoms with Crippen molar-refractivity contribution in [2.45, 2.75) is 57.0 Å². The van der Waals surface area contributed by atoms with E-state index < -0.39 is 42.1 Å². The Morgan fingerprint density at radius 2 is 1.91 bits per heavy atom. The molecule has 2 atom stereocenters. The van der Waals surface area contributed by atoms with E-state index in [9.17, 15) is 32.7 Å². The first-order valence-electron chi connectivity index (χ1n) is 7.18. The number of hydrogen-bond acceptors (Lipinski definition) is 4. The van der Waals surface area contributed by atoms with Crippen LogP contribution in [0.3, 0.4) is 0 Å². The van der Waals surface area contributed by atoms with Gasteiger partial charge in [-0.25, -0.2) is 4.79 Å². The van der Waals surface area contributed by atoms with Crippen LogP contribution in [0.15, 0.2) is 0 Å². The van der Waals surface area contributed by atoms with Crippen LogP contribution in [-0.2, 0) is 14.4 Å². The van der Waals surface area contributed by atoms with Crippen molar-refractivity contribution in [3.05, 3.63) is 0 Å². The Labute approximate surface area is 130 Å². The van der Waals surface area contributed by atoms with Gasteiger partial charge in [0.15, 0.2) is 0 Å². The highest BCUT2D eigenvalue weighted by molar-refractivity contribution is 5.94. The van der Waals surface area contributed by atoms with E-state index in [2.05, 4.69) is 0 Å². The largest absolute Gasteiger partial charge is 0.480 e. The minimum absolute atomic E-state index is 0.00781. The van der Waals surface area contributed by atoms with E-state index >= 15 is 0 Å². The van der Waals surface area contributed by atoms with E-state index in [1.54, 1.807) is 6.92 Å². The molecule has 0 saturated carbocycles. The van der Waals surface area contributed by atoms with E-state index in [0.29, 0.717) is 12.8 Å². The molecule has 23 heavy (non-hydrogen) atoms. The van der Waals surface area contributed by atoms with E-state index in [1.807, 2.05) is 0 Å². The Bertz CT molecular complexity index is 483. The third kappa shape index (κ3) is 4.57. The molecule has 0 aliphatic carbocycles. The monoisotopic (exact) mass is 340 g/mol. The maximum atomic E-state index is 12.4. The summed E-state index contributed by atoms with van der Waals surface area (Å²) in [5.41, 5.74) is -2.78. The first-order valence-corrected chi connectivity index (χ1v) is 7.18. The molecule has 1 aliphatic heterocycles. The fourth-order valence-corrected chi connectivity index (χ4v) is 2.42. The van der Waals surface area contributed by atoms with Gasteiger partial charge in [0.25, 0.3) is 5.91 Å². The third-order valence-corrected chi connectivity index (χ3v) is 3.62. The minimum atomic E-state index is -5.27. The second kappa shape index (κ2) is 7.16. The van der Waals surface area contributed by atoms with Crippen molar-refractivity contribution < 1.29 is 37.8 Å². The van der Waals surface area contributed by atoms with Crippen molar-refractivity contribution in [2.24, 2.45) is 0 Å². The summed E-state index contributed by atoms with van der Waals surface area (Å²) < 4.78 is 37.2. The van der Waals surface area contributed by atoms with Crippen molar-refractivity contribution in [3.8, 4) is 0 Å². The number of hydrogen-bond donors (Lipinski definition) is 3. The molecule has 132 valence electrons. The lowest BCUT2D eigenvalue weighted by Crippen LogP contribution is -2.63. The number of carbonyl (C=O) groups excluding carboxylic acids is 2. The van der Waals surface area contributed by atoms with Crippen LogP contribution in [0.25, 0.3) is 0 Å². The summed E-state index contributed by atoms with van der Waals surface area (Å²) in [4.78, 5) is 35.4. The molecule has 0 aromatic heterocycles. The molecule has 0 spiro atoms. The molecule has 3 N–H and O–H groups in total. The Kier molecular flexibility index (Phi) is 5.98. The Morgan fingerprint density at radius 3 is 2.39 bits per heavy atom. The molecule has 0 aromatic carbocycles. The average Bonchev–Trinajstić information content (AvgIpc) is 2.92. The number of carboxylic acid groups (broad SMARTS) is 1. The fourth-order valence-electron chi connectivity index (χ4n) is 2.42. The Hall–Kier alpha value is -1.84. The van der Waals surface area contributed by atoms with E-state index in [0.717, 1.165) is 4.90 Å². The van der Waals surface area contributed by atoms with Gasteiger partial charge < -0.3 is 20.4 Å². The minimum Gasteiger partial charge on any atom is -0.480 e. The molecule has 1 fully saturated rings. The SMILES string of the molecule is CCCC[C@@](O)(NC(=O)C(F)(F)F)C(=O)N1CCC[C@H]1C(=O)O. The molecule has 10 heteroatoms. The lowest BCUT2D eigenvalue weighted by Gasteiger charge is -2.33. The second-order valence-corrected chi connectivity index (χ2v) is 5.41. The van der Waals surface area contributed by atoms with Crippen LogP contribution >= 0.6 is 0 Å². The zero-order valence-electron chi connectivity index (χ0n) is 12.5. The Balaban J connectivity index is 3.01. The normalized spacial score (nSPS) is 20.9. The number of alkyl halides is 3. The number of nitrogens with one attached hydrogen (secondary N) is 1. The molecule has 1 aliphatic rings. The summed E-state index contributed by atoms with van der Waals surface area (Å²) in [6, 6.07) is -1.22. The maximum Gasteiger partial charge on any atom is 0.471 e. The molecule has 0 bridgehead atoms. The number of aliphatic carboxylic acids is 1. The maximum absolute atomic E-state index is 12.4. The van der Waals surface area contributed by atoms with E-state index in [1.165, 1.54) is 5.32 Å². The smallest absolute Gasteiger partial charge is 0.471 e. The van der Waals surface area contributed by atoms with Crippen LogP contribution in [0.1, 0.15) is 39.0 Å². The highest BCUT2D eigenvalue weighted by Gasteiger charge is 2.49. The van der Waals surface area contributed by atoms with Crippen LogP contribution in [0, 0.1) is 0 Å². The second-order valence-electron chi connectivity index (χ2n) is 5.41.